The first-order chi connectivity index (χ1) is 9.84. The molecular formula is C19H23BrO. The maximum atomic E-state index is 10.3. The van der Waals surface area contributed by atoms with Crippen molar-refractivity contribution in [3.05, 3.63) is 69.7 Å². The van der Waals surface area contributed by atoms with Crippen LogP contribution in [0.3, 0.4) is 0 Å². The molecule has 0 heterocycles. The first kappa shape index (κ1) is 16.3. The van der Waals surface area contributed by atoms with Crippen LogP contribution < -0.4 is 0 Å². The Labute approximate surface area is 136 Å². The summed E-state index contributed by atoms with van der Waals surface area (Å²) in [5, 5.41) is 10.3. The van der Waals surface area contributed by atoms with E-state index in [1.165, 1.54) is 11.1 Å². The summed E-state index contributed by atoms with van der Waals surface area (Å²) >= 11 is 3.46. The topological polar surface area (TPSA) is 20.2 Å². The fourth-order valence-electron chi connectivity index (χ4n) is 2.42. The quantitative estimate of drug-likeness (QED) is 0.835. The van der Waals surface area contributed by atoms with Crippen LogP contribution in [-0.2, 0) is 18.3 Å². The fraction of sp³-hybridized carbons (Fsp3) is 0.368. The third-order valence-corrected chi connectivity index (χ3v) is 4.14. The van der Waals surface area contributed by atoms with Crippen LogP contribution in [0.1, 0.15) is 37.5 Å². The summed E-state index contributed by atoms with van der Waals surface area (Å²) in [5.41, 5.74) is 3.84. The van der Waals surface area contributed by atoms with Gasteiger partial charge in [-0.15, -0.1) is 0 Å². The number of halogens is 1. The normalized spacial score (nSPS) is 13.2. The van der Waals surface area contributed by atoms with Crippen LogP contribution in [0.25, 0.3) is 0 Å². The number of aliphatic hydroxyl groups excluding tert-OH is 1. The molecule has 0 aliphatic heterocycles. The van der Waals surface area contributed by atoms with Gasteiger partial charge in [-0.1, -0.05) is 73.1 Å². The highest BCUT2D eigenvalue weighted by Gasteiger charge is 2.13. The molecule has 1 atom stereocenters. The zero-order valence-corrected chi connectivity index (χ0v) is 14.5. The molecule has 2 heteroatoms. The molecule has 0 spiro atoms. The van der Waals surface area contributed by atoms with Crippen LogP contribution in [0, 0.1) is 0 Å². The lowest BCUT2D eigenvalue weighted by atomic mass is 9.86. The predicted molar refractivity (Wildman–Crippen MR) is 92.7 cm³/mol. The molecule has 1 nitrogen and oxygen atoms in total. The monoisotopic (exact) mass is 346 g/mol. The largest absolute Gasteiger partial charge is 0.392 e. The van der Waals surface area contributed by atoms with Crippen molar-refractivity contribution in [3.63, 3.8) is 0 Å². The van der Waals surface area contributed by atoms with Gasteiger partial charge in [0.2, 0.25) is 0 Å². The molecule has 0 saturated carbocycles. The predicted octanol–water partition coefficient (Wildman–Crippen LogP) is 4.89. The molecule has 0 radical (unpaired) electrons. The van der Waals surface area contributed by atoms with Gasteiger partial charge in [0.15, 0.2) is 0 Å². The summed E-state index contributed by atoms with van der Waals surface area (Å²) < 4.78 is 1.06. The first-order valence-electron chi connectivity index (χ1n) is 7.36. The Bertz CT molecular complexity index is 581. The van der Waals surface area contributed by atoms with E-state index >= 15 is 0 Å². The molecule has 0 saturated heterocycles. The summed E-state index contributed by atoms with van der Waals surface area (Å²) in [7, 11) is 0. The van der Waals surface area contributed by atoms with Crippen molar-refractivity contribution in [2.24, 2.45) is 0 Å². The molecular weight excluding hydrogens is 324 g/mol. The highest BCUT2D eigenvalue weighted by Crippen LogP contribution is 2.22. The van der Waals surface area contributed by atoms with E-state index in [1.807, 2.05) is 12.1 Å². The van der Waals surface area contributed by atoms with Crippen LogP contribution in [0.5, 0.6) is 0 Å². The highest BCUT2D eigenvalue weighted by molar-refractivity contribution is 9.10. The van der Waals surface area contributed by atoms with Gasteiger partial charge in [0.05, 0.1) is 6.10 Å². The number of rotatable bonds is 4. The first-order valence-corrected chi connectivity index (χ1v) is 8.16. The minimum atomic E-state index is -0.347. The van der Waals surface area contributed by atoms with Crippen LogP contribution >= 0.6 is 15.9 Å². The molecule has 1 unspecified atom stereocenters. The summed E-state index contributed by atoms with van der Waals surface area (Å²) in [6.07, 6.45) is 1.02. The minimum Gasteiger partial charge on any atom is -0.392 e. The van der Waals surface area contributed by atoms with Gasteiger partial charge >= 0.3 is 0 Å². The van der Waals surface area contributed by atoms with Crippen molar-refractivity contribution < 1.29 is 5.11 Å². The highest BCUT2D eigenvalue weighted by atomic mass is 79.9. The van der Waals surface area contributed by atoms with E-state index < -0.39 is 0 Å². The summed E-state index contributed by atoms with van der Waals surface area (Å²) in [6.45, 7) is 6.64. The van der Waals surface area contributed by atoms with E-state index in [0.717, 1.165) is 10.0 Å². The molecule has 0 aliphatic rings. The van der Waals surface area contributed by atoms with Gasteiger partial charge in [0.1, 0.15) is 0 Å². The maximum absolute atomic E-state index is 10.3. The second-order valence-electron chi connectivity index (χ2n) is 6.64. The zero-order valence-electron chi connectivity index (χ0n) is 12.9. The Morgan fingerprint density at radius 1 is 0.952 bits per heavy atom. The molecule has 2 aromatic rings. The molecule has 21 heavy (non-hydrogen) atoms. The molecule has 112 valence electrons. The van der Waals surface area contributed by atoms with Gasteiger partial charge in [-0.05, 0) is 47.1 Å². The molecule has 0 bridgehead atoms. The van der Waals surface area contributed by atoms with Gasteiger partial charge in [-0.25, -0.2) is 0 Å². The van der Waals surface area contributed by atoms with Crippen LogP contribution in [0.2, 0.25) is 0 Å². The van der Waals surface area contributed by atoms with Crippen molar-refractivity contribution in [2.45, 2.75) is 45.1 Å². The Morgan fingerprint density at radius 3 is 2.14 bits per heavy atom. The van der Waals surface area contributed by atoms with E-state index in [0.29, 0.717) is 12.8 Å². The van der Waals surface area contributed by atoms with Crippen molar-refractivity contribution in [3.8, 4) is 0 Å². The standard InChI is InChI=1S/C19H23BrO/c1-19(2,3)16-9-7-14(8-10-16)12-18(21)13-15-5-4-6-17(20)11-15/h4-11,18,21H,12-13H2,1-3H3. The van der Waals surface area contributed by atoms with E-state index in [-0.39, 0.29) is 11.5 Å². The third kappa shape index (κ3) is 4.98. The molecule has 2 aromatic carbocycles. The average Bonchev–Trinajstić information content (AvgIpc) is 2.38. The molecule has 0 fully saturated rings. The van der Waals surface area contributed by atoms with Gasteiger partial charge in [0, 0.05) is 4.47 Å². The van der Waals surface area contributed by atoms with Gasteiger partial charge < -0.3 is 5.11 Å². The number of benzene rings is 2. The second kappa shape index (κ2) is 6.76. The van der Waals surface area contributed by atoms with Crippen molar-refractivity contribution >= 4 is 15.9 Å². The third-order valence-electron chi connectivity index (χ3n) is 3.65. The van der Waals surface area contributed by atoms with Crippen molar-refractivity contribution in [1.82, 2.24) is 0 Å². The van der Waals surface area contributed by atoms with Crippen molar-refractivity contribution in [2.75, 3.05) is 0 Å². The Balaban J connectivity index is 1.98. The summed E-state index contributed by atoms with van der Waals surface area (Å²) in [5.74, 6) is 0. The number of hydrogen-bond donors (Lipinski definition) is 1. The lowest BCUT2D eigenvalue weighted by Gasteiger charge is -2.19. The van der Waals surface area contributed by atoms with Gasteiger partial charge in [0.25, 0.3) is 0 Å². The Morgan fingerprint density at radius 2 is 1.57 bits per heavy atom. The smallest absolute Gasteiger partial charge is 0.0620 e. The molecule has 0 amide bonds. The Hall–Kier alpha value is -1.12. The molecule has 2 rings (SSSR count). The van der Waals surface area contributed by atoms with E-state index in [4.69, 9.17) is 0 Å². The zero-order chi connectivity index (χ0) is 15.5. The SMILES string of the molecule is CC(C)(C)c1ccc(CC(O)Cc2cccc(Br)c2)cc1. The van der Waals surface area contributed by atoms with Gasteiger partial charge in [-0.3, -0.25) is 0 Å². The molecule has 0 aliphatic carbocycles. The van der Waals surface area contributed by atoms with Crippen molar-refractivity contribution in [1.29, 1.82) is 0 Å². The van der Waals surface area contributed by atoms with Crippen LogP contribution in [0.4, 0.5) is 0 Å². The maximum Gasteiger partial charge on any atom is 0.0620 e. The summed E-state index contributed by atoms with van der Waals surface area (Å²) in [6, 6.07) is 16.7. The van der Waals surface area contributed by atoms with Crippen LogP contribution in [0.15, 0.2) is 53.0 Å². The van der Waals surface area contributed by atoms with E-state index in [9.17, 15) is 5.11 Å². The van der Waals surface area contributed by atoms with Gasteiger partial charge in [-0.2, -0.15) is 0 Å². The molecule has 1 N–H and O–H groups in total. The minimum absolute atomic E-state index is 0.174. The number of hydrogen-bond acceptors (Lipinski definition) is 1. The second-order valence-corrected chi connectivity index (χ2v) is 7.55. The number of aliphatic hydroxyl groups is 1. The fourth-order valence-corrected chi connectivity index (χ4v) is 2.87. The Kier molecular flexibility index (Phi) is 5.23. The van der Waals surface area contributed by atoms with E-state index in [2.05, 4.69) is 73.1 Å². The summed E-state index contributed by atoms with van der Waals surface area (Å²) in [4.78, 5) is 0. The molecule has 0 aromatic heterocycles. The lowest BCUT2D eigenvalue weighted by Crippen LogP contribution is -2.15. The average molecular weight is 347 g/mol. The van der Waals surface area contributed by atoms with Crippen LogP contribution in [-0.4, -0.2) is 11.2 Å². The van der Waals surface area contributed by atoms with E-state index in [1.54, 1.807) is 0 Å². The lowest BCUT2D eigenvalue weighted by molar-refractivity contribution is 0.175.